The average molecular weight is 410 g/mol. The highest BCUT2D eigenvalue weighted by atomic mass is 16.3. The maximum Gasteiger partial charge on any atom is 0.276 e. The lowest BCUT2D eigenvalue weighted by atomic mass is 9.92. The van der Waals surface area contributed by atoms with Gasteiger partial charge in [0.25, 0.3) is 5.91 Å². The zero-order valence-electron chi connectivity index (χ0n) is 16.6. The van der Waals surface area contributed by atoms with E-state index < -0.39 is 0 Å². The highest BCUT2D eigenvalue weighted by molar-refractivity contribution is 6.03. The van der Waals surface area contributed by atoms with Crippen molar-refractivity contribution in [3.8, 4) is 0 Å². The Morgan fingerprint density at radius 2 is 2.00 bits per heavy atom. The van der Waals surface area contributed by atoms with Crippen LogP contribution in [-0.4, -0.2) is 55.8 Å². The number of aromatic nitrogens is 4. The van der Waals surface area contributed by atoms with Crippen molar-refractivity contribution in [2.75, 3.05) is 29.1 Å². The summed E-state index contributed by atoms with van der Waals surface area (Å²) in [5.74, 6) is 0.314. The van der Waals surface area contributed by atoms with Gasteiger partial charge in [-0.15, -0.1) is 5.10 Å². The number of nitrogens with two attached hydrogens (primary N) is 1. The zero-order chi connectivity index (χ0) is 20.9. The summed E-state index contributed by atoms with van der Waals surface area (Å²) in [6.45, 7) is 0.344. The lowest BCUT2D eigenvalue weighted by Gasteiger charge is -2.27. The van der Waals surface area contributed by atoms with Crippen molar-refractivity contribution >= 4 is 28.7 Å². The topological polar surface area (TPSA) is 142 Å². The van der Waals surface area contributed by atoms with Gasteiger partial charge in [-0.2, -0.15) is 0 Å². The monoisotopic (exact) mass is 410 g/mol. The average Bonchev–Trinajstić information content (AvgIpc) is 3.19. The van der Waals surface area contributed by atoms with Gasteiger partial charge in [-0.3, -0.25) is 9.78 Å². The second kappa shape index (κ2) is 9.06. The zero-order valence-corrected chi connectivity index (χ0v) is 16.6. The molecule has 30 heavy (non-hydrogen) atoms. The molecule has 1 aliphatic carbocycles. The molecule has 0 radical (unpaired) electrons. The van der Waals surface area contributed by atoms with Crippen LogP contribution in [0.1, 0.15) is 36.2 Å². The highest BCUT2D eigenvalue weighted by Crippen LogP contribution is 2.24. The van der Waals surface area contributed by atoms with Gasteiger partial charge in [0, 0.05) is 42.8 Å². The van der Waals surface area contributed by atoms with E-state index in [2.05, 4.69) is 31.0 Å². The number of amides is 1. The van der Waals surface area contributed by atoms with E-state index in [0.717, 1.165) is 25.7 Å². The standard InChI is InChI=1S/C20H26N8O2/c21-13-1-3-14(4-2-13)25-18-11-16(23-9-10-29)19-24-12-17(28(19)27-18)20(30)26-15-5-7-22-8-6-15/h5-8,11-14,23,29H,1-4,9-10,21H2,(H,25,27)(H,22,26,30)/t13-,14-. The summed E-state index contributed by atoms with van der Waals surface area (Å²) in [4.78, 5) is 21.1. The molecular formula is C20H26N8O2. The Balaban J connectivity index is 1.63. The minimum absolute atomic E-state index is 0.0200. The first-order chi connectivity index (χ1) is 14.6. The van der Waals surface area contributed by atoms with Crippen molar-refractivity contribution in [3.63, 3.8) is 0 Å². The molecular weight excluding hydrogens is 384 g/mol. The van der Waals surface area contributed by atoms with Crippen LogP contribution in [0.25, 0.3) is 5.65 Å². The molecule has 3 heterocycles. The van der Waals surface area contributed by atoms with Crippen LogP contribution in [0, 0.1) is 0 Å². The first-order valence-electron chi connectivity index (χ1n) is 10.1. The number of rotatable bonds is 7. The predicted molar refractivity (Wildman–Crippen MR) is 115 cm³/mol. The fourth-order valence-corrected chi connectivity index (χ4v) is 3.62. The Labute approximate surface area is 173 Å². The van der Waals surface area contributed by atoms with Gasteiger partial charge >= 0.3 is 0 Å². The molecule has 0 unspecified atom stereocenters. The number of carbonyl (C=O) groups excluding carboxylic acids is 1. The Bertz CT molecular complexity index is 999. The van der Waals surface area contributed by atoms with E-state index in [1.807, 2.05) is 6.07 Å². The van der Waals surface area contributed by atoms with Crippen LogP contribution >= 0.6 is 0 Å². The molecule has 0 aromatic carbocycles. The lowest BCUT2D eigenvalue weighted by Crippen LogP contribution is -2.33. The minimum atomic E-state index is -0.324. The van der Waals surface area contributed by atoms with Crippen LogP contribution in [0.3, 0.4) is 0 Å². The van der Waals surface area contributed by atoms with E-state index >= 15 is 0 Å². The first kappa shape index (κ1) is 20.0. The van der Waals surface area contributed by atoms with Crippen LogP contribution in [0.15, 0.2) is 36.8 Å². The summed E-state index contributed by atoms with van der Waals surface area (Å²) >= 11 is 0. The van der Waals surface area contributed by atoms with Gasteiger partial charge in [0.2, 0.25) is 0 Å². The summed E-state index contributed by atoms with van der Waals surface area (Å²) in [5, 5.41) is 23.3. The predicted octanol–water partition coefficient (Wildman–Crippen LogP) is 1.46. The molecule has 1 fully saturated rings. The smallest absolute Gasteiger partial charge is 0.276 e. The van der Waals surface area contributed by atoms with Crippen LogP contribution in [0.5, 0.6) is 0 Å². The molecule has 0 atom stereocenters. The van der Waals surface area contributed by atoms with Gasteiger partial charge in [-0.1, -0.05) is 0 Å². The number of fused-ring (bicyclic) bond motifs is 1. The maximum absolute atomic E-state index is 12.8. The molecule has 4 rings (SSSR count). The fraction of sp³-hybridized carbons (Fsp3) is 0.400. The summed E-state index contributed by atoms with van der Waals surface area (Å²) in [7, 11) is 0. The molecule has 158 valence electrons. The molecule has 3 aromatic rings. The summed E-state index contributed by atoms with van der Waals surface area (Å²) < 4.78 is 1.52. The quantitative estimate of drug-likeness (QED) is 0.394. The molecule has 1 aliphatic rings. The number of nitrogens with one attached hydrogen (secondary N) is 3. The van der Waals surface area contributed by atoms with Crippen molar-refractivity contribution in [1.82, 2.24) is 19.6 Å². The van der Waals surface area contributed by atoms with Crippen LogP contribution < -0.4 is 21.7 Å². The van der Waals surface area contributed by atoms with Crippen molar-refractivity contribution in [2.24, 2.45) is 5.73 Å². The Hall–Kier alpha value is -3.24. The number of aliphatic hydroxyl groups is 1. The van der Waals surface area contributed by atoms with E-state index in [4.69, 9.17) is 5.73 Å². The molecule has 1 amide bonds. The molecule has 0 aliphatic heterocycles. The minimum Gasteiger partial charge on any atom is -0.395 e. The van der Waals surface area contributed by atoms with Gasteiger partial charge in [0.1, 0.15) is 5.82 Å². The number of nitrogens with zero attached hydrogens (tertiary/aromatic N) is 4. The maximum atomic E-state index is 12.8. The molecule has 3 aromatic heterocycles. The van der Waals surface area contributed by atoms with E-state index in [9.17, 15) is 9.90 Å². The summed E-state index contributed by atoms with van der Waals surface area (Å²) in [5.41, 5.74) is 8.16. The number of pyridine rings is 1. The number of anilines is 3. The first-order valence-corrected chi connectivity index (χ1v) is 10.1. The molecule has 0 spiro atoms. The largest absolute Gasteiger partial charge is 0.395 e. The third-order valence-corrected chi connectivity index (χ3v) is 5.19. The third kappa shape index (κ3) is 4.50. The van der Waals surface area contributed by atoms with Gasteiger partial charge in [0.05, 0.1) is 18.5 Å². The van der Waals surface area contributed by atoms with Crippen molar-refractivity contribution in [2.45, 2.75) is 37.8 Å². The van der Waals surface area contributed by atoms with Crippen molar-refractivity contribution in [3.05, 3.63) is 42.5 Å². The van der Waals surface area contributed by atoms with E-state index in [1.165, 1.54) is 10.7 Å². The lowest BCUT2D eigenvalue weighted by molar-refractivity contribution is 0.102. The second-order valence-electron chi connectivity index (χ2n) is 7.42. The number of hydrogen-bond donors (Lipinski definition) is 5. The normalized spacial score (nSPS) is 18.9. The molecule has 10 nitrogen and oxygen atoms in total. The number of hydrogen-bond acceptors (Lipinski definition) is 8. The number of imidazole rings is 1. The molecule has 6 N–H and O–H groups in total. The molecule has 1 saturated carbocycles. The second-order valence-corrected chi connectivity index (χ2v) is 7.42. The number of carbonyl (C=O) groups is 1. The van der Waals surface area contributed by atoms with Crippen LogP contribution in [-0.2, 0) is 0 Å². The van der Waals surface area contributed by atoms with Crippen molar-refractivity contribution < 1.29 is 9.90 Å². The van der Waals surface area contributed by atoms with Crippen LogP contribution in [0.4, 0.5) is 17.2 Å². The summed E-state index contributed by atoms with van der Waals surface area (Å²) in [6, 6.07) is 5.82. The Kier molecular flexibility index (Phi) is 6.05. The van der Waals surface area contributed by atoms with Gasteiger partial charge < -0.3 is 26.8 Å². The molecule has 10 heteroatoms. The molecule has 0 saturated heterocycles. The van der Waals surface area contributed by atoms with Gasteiger partial charge in [-0.25, -0.2) is 9.50 Å². The summed E-state index contributed by atoms with van der Waals surface area (Å²) in [6.07, 6.45) is 8.60. The highest BCUT2D eigenvalue weighted by Gasteiger charge is 2.21. The Morgan fingerprint density at radius 1 is 1.23 bits per heavy atom. The van der Waals surface area contributed by atoms with E-state index in [1.54, 1.807) is 24.5 Å². The van der Waals surface area contributed by atoms with E-state index in [0.29, 0.717) is 35.1 Å². The molecule has 0 bridgehead atoms. The van der Waals surface area contributed by atoms with Gasteiger partial charge in [-0.05, 0) is 37.8 Å². The third-order valence-electron chi connectivity index (χ3n) is 5.19. The number of aliphatic hydroxyl groups excluding tert-OH is 1. The SMILES string of the molecule is N[C@H]1CC[C@H](Nc2cc(NCCO)c3ncc(C(=O)Nc4ccncc4)n3n2)CC1. The van der Waals surface area contributed by atoms with Gasteiger partial charge in [0.15, 0.2) is 11.3 Å². The van der Waals surface area contributed by atoms with Crippen LogP contribution in [0.2, 0.25) is 0 Å². The van der Waals surface area contributed by atoms with E-state index in [-0.39, 0.29) is 24.6 Å². The Morgan fingerprint density at radius 3 is 2.73 bits per heavy atom. The van der Waals surface area contributed by atoms with Crippen molar-refractivity contribution in [1.29, 1.82) is 0 Å². The fourth-order valence-electron chi connectivity index (χ4n) is 3.62.